The number of carbonyl (C=O) groups excluding carboxylic acids is 1. The lowest BCUT2D eigenvalue weighted by atomic mass is 9.75. The minimum Gasteiger partial charge on any atom is -0.395 e. The molecular formula is C15H19NO2S. The van der Waals surface area contributed by atoms with Gasteiger partial charge in [-0.05, 0) is 37.1 Å². The summed E-state index contributed by atoms with van der Waals surface area (Å²) in [4.78, 5) is 13.0. The van der Waals surface area contributed by atoms with Crippen LogP contribution in [0.2, 0.25) is 0 Å². The topological polar surface area (TPSA) is 49.3 Å². The van der Waals surface area contributed by atoms with Gasteiger partial charge < -0.3 is 10.4 Å². The van der Waals surface area contributed by atoms with E-state index in [1.165, 1.54) is 17.8 Å². The number of aliphatic hydroxyl groups excluding tert-OH is 1. The summed E-state index contributed by atoms with van der Waals surface area (Å²) in [7, 11) is 0. The summed E-state index contributed by atoms with van der Waals surface area (Å²) in [5, 5.41) is 13.8. The van der Waals surface area contributed by atoms with Gasteiger partial charge in [-0.3, -0.25) is 4.79 Å². The zero-order valence-electron chi connectivity index (χ0n) is 11.2. The maximum Gasteiger partial charge on any atom is 0.263 e. The van der Waals surface area contributed by atoms with Gasteiger partial charge in [0.15, 0.2) is 0 Å². The molecule has 0 atom stereocenters. The lowest BCUT2D eigenvalue weighted by Gasteiger charge is -2.41. The van der Waals surface area contributed by atoms with E-state index in [2.05, 4.69) is 24.1 Å². The summed E-state index contributed by atoms with van der Waals surface area (Å²) in [6, 6.07) is 1.86. The molecule has 2 rings (SSSR count). The minimum atomic E-state index is -0.00940. The van der Waals surface area contributed by atoms with Crippen molar-refractivity contribution in [3.8, 4) is 11.8 Å². The maximum atomic E-state index is 12.3. The number of carbonyl (C=O) groups is 1. The Kier molecular flexibility index (Phi) is 4.62. The third-order valence-corrected chi connectivity index (χ3v) is 4.61. The van der Waals surface area contributed by atoms with Crippen LogP contribution >= 0.6 is 11.3 Å². The predicted octanol–water partition coefficient (Wildman–Crippen LogP) is 2.54. The Bertz CT molecular complexity index is 500. The quantitative estimate of drug-likeness (QED) is 0.831. The number of nitrogens with one attached hydrogen (secondary N) is 1. The molecule has 1 saturated carbocycles. The van der Waals surface area contributed by atoms with Crippen LogP contribution in [0.3, 0.4) is 0 Å². The average molecular weight is 277 g/mol. The fraction of sp³-hybridized carbons (Fsp3) is 0.533. The van der Waals surface area contributed by atoms with Gasteiger partial charge in [0, 0.05) is 17.5 Å². The van der Waals surface area contributed by atoms with Crippen LogP contribution in [0.5, 0.6) is 0 Å². The molecule has 3 nitrogen and oxygen atoms in total. The lowest BCUT2D eigenvalue weighted by Crippen LogP contribution is -2.52. The molecule has 1 aromatic rings. The average Bonchev–Trinajstić information content (AvgIpc) is 2.82. The van der Waals surface area contributed by atoms with Crippen LogP contribution in [0.15, 0.2) is 11.4 Å². The maximum absolute atomic E-state index is 12.3. The first kappa shape index (κ1) is 14.1. The van der Waals surface area contributed by atoms with Crippen molar-refractivity contribution in [1.82, 2.24) is 5.32 Å². The highest BCUT2D eigenvalue weighted by atomic mass is 32.1. The molecule has 19 heavy (non-hydrogen) atoms. The summed E-state index contributed by atoms with van der Waals surface area (Å²) in [5.74, 6) is 5.81. The fourth-order valence-electron chi connectivity index (χ4n) is 2.27. The molecule has 0 radical (unpaired) electrons. The molecule has 0 aliphatic heterocycles. The molecule has 1 fully saturated rings. The molecule has 1 aromatic heterocycles. The molecule has 0 spiro atoms. The Morgan fingerprint density at radius 3 is 2.95 bits per heavy atom. The lowest BCUT2D eigenvalue weighted by molar-refractivity contribution is 0.0824. The van der Waals surface area contributed by atoms with Crippen LogP contribution in [-0.2, 0) is 0 Å². The highest BCUT2D eigenvalue weighted by Gasteiger charge is 2.37. The summed E-state index contributed by atoms with van der Waals surface area (Å²) in [6.07, 6.45) is 4.77. The number of hydrogen-bond donors (Lipinski definition) is 2. The van der Waals surface area contributed by atoms with Crippen molar-refractivity contribution >= 4 is 17.2 Å². The normalized spacial score (nSPS) is 16.1. The number of aliphatic hydroxyl groups is 1. The SMILES string of the molecule is CCC1(NC(=O)c2sccc2C#CCCO)CCC1. The van der Waals surface area contributed by atoms with Crippen LogP contribution in [0.4, 0.5) is 0 Å². The highest BCUT2D eigenvalue weighted by molar-refractivity contribution is 7.12. The Balaban J connectivity index is 2.08. The molecule has 1 aliphatic carbocycles. The second-order valence-electron chi connectivity index (χ2n) is 4.88. The van der Waals surface area contributed by atoms with Gasteiger partial charge in [0.1, 0.15) is 4.88 Å². The van der Waals surface area contributed by atoms with E-state index < -0.39 is 0 Å². The predicted molar refractivity (Wildman–Crippen MR) is 77.2 cm³/mol. The number of rotatable bonds is 4. The van der Waals surface area contributed by atoms with E-state index in [4.69, 9.17) is 5.11 Å². The summed E-state index contributed by atoms with van der Waals surface area (Å²) in [6.45, 7) is 2.17. The van der Waals surface area contributed by atoms with E-state index in [0.717, 1.165) is 24.8 Å². The Morgan fingerprint density at radius 2 is 2.37 bits per heavy atom. The van der Waals surface area contributed by atoms with Gasteiger partial charge in [0.2, 0.25) is 0 Å². The molecular weight excluding hydrogens is 258 g/mol. The molecule has 1 aliphatic rings. The van der Waals surface area contributed by atoms with E-state index in [-0.39, 0.29) is 18.1 Å². The van der Waals surface area contributed by atoms with Crippen LogP contribution in [0.25, 0.3) is 0 Å². The second-order valence-corrected chi connectivity index (χ2v) is 5.80. The van der Waals surface area contributed by atoms with Gasteiger partial charge in [-0.25, -0.2) is 0 Å². The number of amides is 1. The van der Waals surface area contributed by atoms with E-state index >= 15 is 0 Å². The van der Waals surface area contributed by atoms with Crippen molar-refractivity contribution in [3.05, 3.63) is 21.9 Å². The van der Waals surface area contributed by atoms with Crippen molar-refractivity contribution in [1.29, 1.82) is 0 Å². The zero-order chi connectivity index (χ0) is 13.7. The van der Waals surface area contributed by atoms with Crippen LogP contribution in [0.1, 0.15) is 54.3 Å². The molecule has 1 heterocycles. The Hall–Kier alpha value is -1.31. The van der Waals surface area contributed by atoms with Gasteiger partial charge in [0.25, 0.3) is 5.91 Å². The Morgan fingerprint density at radius 1 is 1.58 bits per heavy atom. The smallest absolute Gasteiger partial charge is 0.263 e. The number of hydrogen-bond acceptors (Lipinski definition) is 3. The molecule has 0 saturated heterocycles. The molecule has 4 heteroatoms. The summed E-state index contributed by atoms with van der Waals surface area (Å²) in [5.41, 5.74) is 0.776. The molecule has 1 amide bonds. The van der Waals surface area contributed by atoms with E-state index in [9.17, 15) is 4.79 Å². The molecule has 0 bridgehead atoms. The third kappa shape index (κ3) is 3.17. The van der Waals surface area contributed by atoms with Gasteiger partial charge >= 0.3 is 0 Å². The molecule has 0 aromatic carbocycles. The summed E-state index contributed by atoms with van der Waals surface area (Å²) < 4.78 is 0. The zero-order valence-corrected chi connectivity index (χ0v) is 12.0. The Labute approximate surface area is 118 Å². The first-order valence-corrected chi connectivity index (χ1v) is 7.58. The largest absolute Gasteiger partial charge is 0.395 e. The van der Waals surface area contributed by atoms with Crippen molar-refractivity contribution < 1.29 is 9.90 Å². The van der Waals surface area contributed by atoms with E-state index in [1.54, 1.807) is 0 Å². The van der Waals surface area contributed by atoms with Crippen LogP contribution in [-0.4, -0.2) is 23.2 Å². The van der Waals surface area contributed by atoms with Gasteiger partial charge in [-0.2, -0.15) is 0 Å². The molecule has 2 N–H and O–H groups in total. The van der Waals surface area contributed by atoms with Gasteiger partial charge in [-0.15, -0.1) is 11.3 Å². The van der Waals surface area contributed by atoms with Gasteiger partial charge in [0.05, 0.1) is 6.61 Å². The van der Waals surface area contributed by atoms with Crippen molar-refractivity contribution in [2.75, 3.05) is 6.61 Å². The van der Waals surface area contributed by atoms with Gasteiger partial charge in [-0.1, -0.05) is 18.8 Å². The third-order valence-electron chi connectivity index (χ3n) is 3.70. The van der Waals surface area contributed by atoms with Crippen molar-refractivity contribution in [2.24, 2.45) is 0 Å². The van der Waals surface area contributed by atoms with Crippen molar-refractivity contribution in [3.63, 3.8) is 0 Å². The first-order chi connectivity index (χ1) is 9.21. The van der Waals surface area contributed by atoms with Crippen LogP contribution in [0, 0.1) is 11.8 Å². The number of thiophene rings is 1. The van der Waals surface area contributed by atoms with E-state index in [1.807, 2.05) is 11.4 Å². The van der Waals surface area contributed by atoms with Crippen molar-refractivity contribution in [2.45, 2.75) is 44.6 Å². The second kappa shape index (κ2) is 6.23. The molecule has 0 unspecified atom stereocenters. The standard InChI is InChI=1S/C15H19NO2S/c1-2-15(8-5-9-15)16-14(18)13-12(7-11-19-13)6-3-4-10-17/h7,11,17H,2,4-5,8-10H2,1H3,(H,16,18). The molecule has 102 valence electrons. The first-order valence-electron chi connectivity index (χ1n) is 6.70. The van der Waals surface area contributed by atoms with E-state index in [0.29, 0.717) is 11.3 Å². The summed E-state index contributed by atoms with van der Waals surface area (Å²) >= 11 is 1.42. The minimum absolute atomic E-state index is 0.00940. The van der Waals surface area contributed by atoms with Crippen LogP contribution < -0.4 is 5.32 Å². The highest BCUT2D eigenvalue weighted by Crippen LogP contribution is 2.35. The monoisotopic (exact) mass is 277 g/mol. The fourth-order valence-corrected chi connectivity index (χ4v) is 3.01.